The summed E-state index contributed by atoms with van der Waals surface area (Å²) in [6.07, 6.45) is 1.54. The second-order valence-corrected chi connectivity index (χ2v) is 7.04. The van der Waals surface area contributed by atoms with Crippen LogP contribution >= 0.6 is 11.6 Å². The Morgan fingerprint density at radius 3 is 2.45 bits per heavy atom. The predicted molar refractivity (Wildman–Crippen MR) is 113 cm³/mol. The Balaban J connectivity index is 1.64. The molecule has 0 fully saturated rings. The molecule has 0 saturated carbocycles. The number of carbonyl (C=O) groups is 1. The van der Waals surface area contributed by atoms with Gasteiger partial charge in [0.25, 0.3) is 5.91 Å². The van der Waals surface area contributed by atoms with Crippen LogP contribution in [0.4, 0.5) is 4.39 Å². The number of hydrogen-bond acceptors (Lipinski definition) is 3. The quantitative estimate of drug-likeness (QED) is 0.434. The first-order valence-corrected chi connectivity index (χ1v) is 9.37. The fourth-order valence-electron chi connectivity index (χ4n) is 2.88. The molecule has 29 heavy (non-hydrogen) atoms. The van der Waals surface area contributed by atoms with E-state index in [0.29, 0.717) is 11.6 Å². The van der Waals surface area contributed by atoms with Crippen molar-refractivity contribution in [3.8, 4) is 5.75 Å². The van der Waals surface area contributed by atoms with Crippen molar-refractivity contribution in [3.05, 3.63) is 99.3 Å². The van der Waals surface area contributed by atoms with E-state index in [1.807, 2.05) is 50.2 Å². The minimum atomic E-state index is -0.475. The zero-order valence-corrected chi connectivity index (χ0v) is 16.8. The summed E-state index contributed by atoms with van der Waals surface area (Å²) in [5.41, 5.74) is 6.37. The normalized spacial score (nSPS) is 10.9. The number of ether oxygens (including phenoxy) is 1. The molecule has 0 spiro atoms. The Morgan fingerprint density at radius 1 is 1.10 bits per heavy atom. The third-order valence-electron chi connectivity index (χ3n) is 4.25. The van der Waals surface area contributed by atoms with Crippen molar-refractivity contribution < 1.29 is 13.9 Å². The van der Waals surface area contributed by atoms with Crippen LogP contribution in [0.1, 0.15) is 32.6 Å². The number of halogens is 2. The third kappa shape index (κ3) is 5.65. The summed E-state index contributed by atoms with van der Waals surface area (Å²) in [7, 11) is 0. The topological polar surface area (TPSA) is 50.7 Å². The molecule has 0 radical (unpaired) electrons. The minimum Gasteiger partial charge on any atom is -0.488 e. The van der Waals surface area contributed by atoms with Crippen molar-refractivity contribution in [2.24, 2.45) is 5.10 Å². The number of aryl methyl sites for hydroxylation is 2. The molecule has 0 aromatic heterocycles. The first-order chi connectivity index (χ1) is 13.9. The largest absolute Gasteiger partial charge is 0.488 e. The number of carbonyl (C=O) groups excluding carboxylic acids is 1. The van der Waals surface area contributed by atoms with E-state index in [1.54, 1.807) is 6.21 Å². The molecular weight excluding hydrogens is 391 g/mol. The Labute approximate surface area is 174 Å². The van der Waals surface area contributed by atoms with Gasteiger partial charge in [0.2, 0.25) is 0 Å². The smallest absolute Gasteiger partial charge is 0.271 e. The van der Waals surface area contributed by atoms with Crippen LogP contribution in [0.5, 0.6) is 5.75 Å². The second-order valence-electron chi connectivity index (χ2n) is 6.61. The van der Waals surface area contributed by atoms with E-state index in [1.165, 1.54) is 18.2 Å². The van der Waals surface area contributed by atoms with Crippen molar-refractivity contribution in [2.45, 2.75) is 20.5 Å². The molecule has 1 amide bonds. The molecule has 3 aromatic rings. The van der Waals surface area contributed by atoms with Gasteiger partial charge in [0, 0.05) is 10.6 Å². The van der Waals surface area contributed by atoms with Gasteiger partial charge in [-0.1, -0.05) is 29.8 Å². The van der Waals surface area contributed by atoms with Gasteiger partial charge in [0.1, 0.15) is 18.2 Å². The Bertz CT molecular complexity index is 1030. The molecule has 0 saturated heterocycles. The Morgan fingerprint density at radius 2 is 1.79 bits per heavy atom. The van der Waals surface area contributed by atoms with Crippen LogP contribution in [0.2, 0.25) is 5.02 Å². The van der Waals surface area contributed by atoms with Crippen LogP contribution in [0.25, 0.3) is 0 Å². The lowest BCUT2D eigenvalue weighted by atomic mass is 10.1. The summed E-state index contributed by atoms with van der Waals surface area (Å²) in [6, 6.07) is 16.8. The number of benzene rings is 3. The lowest BCUT2D eigenvalue weighted by Gasteiger charge is -2.13. The van der Waals surface area contributed by atoms with E-state index in [-0.39, 0.29) is 5.56 Å². The van der Waals surface area contributed by atoms with Gasteiger partial charge in [0.05, 0.1) is 6.21 Å². The summed E-state index contributed by atoms with van der Waals surface area (Å²) in [4.78, 5) is 12.0. The Hall–Kier alpha value is -3.18. The van der Waals surface area contributed by atoms with Gasteiger partial charge in [-0.2, -0.15) is 5.10 Å². The van der Waals surface area contributed by atoms with Gasteiger partial charge in [-0.25, -0.2) is 9.82 Å². The maximum absolute atomic E-state index is 13.2. The number of nitrogens with zero attached hydrogens (tertiary/aromatic N) is 1. The number of hydrogen-bond donors (Lipinski definition) is 1. The highest BCUT2D eigenvalue weighted by molar-refractivity contribution is 6.30. The lowest BCUT2D eigenvalue weighted by Crippen LogP contribution is -2.17. The highest BCUT2D eigenvalue weighted by Gasteiger charge is 2.08. The van der Waals surface area contributed by atoms with Gasteiger partial charge >= 0.3 is 0 Å². The fourth-order valence-corrected chi connectivity index (χ4v) is 3.01. The van der Waals surface area contributed by atoms with Crippen molar-refractivity contribution >= 4 is 23.7 Å². The molecule has 4 nitrogen and oxygen atoms in total. The van der Waals surface area contributed by atoms with Crippen LogP contribution in [0.15, 0.2) is 65.8 Å². The summed E-state index contributed by atoms with van der Waals surface area (Å²) < 4.78 is 19.2. The monoisotopic (exact) mass is 410 g/mol. The summed E-state index contributed by atoms with van der Waals surface area (Å²) in [6.45, 7) is 4.34. The van der Waals surface area contributed by atoms with E-state index >= 15 is 0 Å². The van der Waals surface area contributed by atoms with Crippen molar-refractivity contribution in [1.29, 1.82) is 0 Å². The first-order valence-electron chi connectivity index (χ1n) is 9.00. The molecule has 0 bridgehead atoms. The highest BCUT2D eigenvalue weighted by Crippen LogP contribution is 2.25. The molecule has 1 N–H and O–H groups in total. The molecule has 3 rings (SSSR count). The molecule has 0 aliphatic heterocycles. The van der Waals surface area contributed by atoms with Gasteiger partial charge in [-0.15, -0.1) is 0 Å². The molecule has 6 heteroatoms. The van der Waals surface area contributed by atoms with Crippen LogP contribution < -0.4 is 10.2 Å². The van der Waals surface area contributed by atoms with Crippen molar-refractivity contribution in [1.82, 2.24) is 5.43 Å². The van der Waals surface area contributed by atoms with Crippen molar-refractivity contribution in [2.75, 3.05) is 0 Å². The van der Waals surface area contributed by atoms with Crippen LogP contribution in [0.3, 0.4) is 0 Å². The number of hydrazone groups is 1. The zero-order valence-electron chi connectivity index (χ0n) is 16.1. The molecule has 3 aromatic carbocycles. The molecule has 0 atom stereocenters. The molecule has 0 aliphatic rings. The molecule has 0 aliphatic carbocycles. The maximum Gasteiger partial charge on any atom is 0.271 e. The van der Waals surface area contributed by atoms with Gasteiger partial charge in [-0.3, -0.25) is 4.79 Å². The second kappa shape index (κ2) is 9.34. The highest BCUT2D eigenvalue weighted by atomic mass is 35.5. The average molecular weight is 411 g/mol. The summed E-state index contributed by atoms with van der Waals surface area (Å²) >= 11 is 5.90. The number of amides is 1. The molecular formula is C23H20ClFN2O2. The van der Waals surface area contributed by atoms with Crippen LogP contribution in [-0.2, 0) is 6.61 Å². The first kappa shape index (κ1) is 20.6. The van der Waals surface area contributed by atoms with Crippen LogP contribution in [0, 0.1) is 19.7 Å². The van der Waals surface area contributed by atoms with Gasteiger partial charge in [0.15, 0.2) is 0 Å². The third-order valence-corrected chi connectivity index (χ3v) is 4.50. The van der Waals surface area contributed by atoms with E-state index < -0.39 is 11.7 Å². The van der Waals surface area contributed by atoms with Gasteiger partial charge in [-0.05, 0) is 78.6 Å². The lowest BCUT2D eigenvalue weighted by molar-refractivity contribution is 0.0954. The predicted octanol–water partition coefficient (Wildman–Crippen LogP) is 5.44. The minimum absolute atomic E-state index is 0.209. The average Bonchev–Trinajstić information content (AvgIpc) is 2.68. The maximum atomic E-state index is 13.2. The zero-order chi connectivity index (χ0) is 20.8. The van der Waals surface area contributed by atoms with Gasteiger partial charge < -0.3 is 4.74 Å². The standard InChI is InChI=1S/C23H20ClFN2O2/c1-15-10-18(13-26-27-23(28)19-4-3-5-21(25)12-19)11-16(2)22(15)29-14-17-6-8-20(24)9-7-17/h3-13H,14H2,1-2H3,(H,27,28)/b26-13-. The number of rotatable bonds is 6. The van der Waals surface area contributed by atoms with E-state index in [2.05, 4.69) is 10.5 Å². The number of nitrogens with one attached hydrogen (secondary N) is 1. The van der Waals surface area contributed by atoms with E-state index in [9.17, 15) is 9.18 Å². The molecule has 0 heterocycles. The fraction of sp³-hybridized carbons (Fsp3) is 0.130. The summed E-state index contributed by atoms with van der Waals surface area (Å²) in [5, 5.41) is 4.65. The van der Waals surface area contributed by atoms with Crippen molar-refractivity contribution in [3.63, 3.8) is 0 Å². The van der Waals surface area contributed by atoms with E-state index in [0.717, 1.165) is 34.1 Å². The molecule has 0 unspecified atom stereocenters. The summed E-state index contributed by atoms with van der Waals surface area (Å²) in [5.74, 6) is -0.139. The molecule has 148 valence electrons. The van der Waals surface area contributed by atoms with E-state index in [4.69, 9.17) is 16.3 Å². The SMILES string of the molecule is Cc1cc(/C=N\NC(=O)c2cccc(F)c2)cc(C)c1OCc1ccc(Cl)cc1. The Kier molecular flexibility index (Phi) is 6.62. The van der Waals surface area contributed by atoms with Crippen LogP contribution in [-0.4, -0.2) is 12.1 Å².